The van der Waals surface area contributed by atoms with Crippen molar-refractivity contribution < 1.29 is 14.4 Å². The minimum atomic E-state index is -0.384. The number of carbonyl (C=O) groups is 3. The molecule has 0 saturated heterocycles. The average Bonchev–Trinajstić information content (AvgIpc) is 2.97. The van der Waals surface area contributed by atoms with Crippen molar-refractivity contribution in [2.45, 2.75) is 20.8 Å². The van der Waals surface area contributed by atoms with Crippen LogP contribution in [0.5, 0.6) is 0 Å². The Balaban J connectivity index is 1.90. The van der Waals surface area contributed by atoms with Crippen molar-refractivity contribution in [1.82, 2.24) is 4.98 Å². The number of aryl methyl sites for hydroxylation is 1. The predicted octanol–water partition coefficient (Wildman–Crippen LogP) is 3.77. The zero-order valence-corrected chi connectivity index (χ0v) is 15.9. The topological polar surface area (TPSA) is 100 Å². The van der Waals surface area contributed by atoms with Crippen LogP contribution in [0.2, 0.25) is 0 Å². The minimum Gasteiger partial charge on any atom is -0.326 e. The maximum absolute atomic E-state index is 12.7. The number of hydrogen-bond acceptors (Lipinski definition) is 5. The minimum absolute atomic E-state index is 0.275. The second-order valence-corrected chi connectivity index (χ2v) is 7.09. The van der Waals surface area contributed by atoms with Crippen LogP contribution in [-0.2, 0) is 9.59 Å². The SMILES string of the molecule is CC(=O)Nc1cc(NC(C)=O)cc(C(=O)Nc2nc3c(C)cccc3s2)c1. The number of carbonyl (C=O) groups excluding carboxylic acids is 3. The smallest absolute Gasteiger partial charge is 0.257 e. The van der Waals surface area contributed by atoms with Gasteiger partial charge in [0.05, 0.1) is 10.2 Å². The fourth-order valence-electron chi connectivity index (χ4n) is 2.62. The van der Waals surface area contributed by atoms with Gasteiger partial charge in [0.2, 0.25) is 11.8 Å². The third-order valence-electron chi connectivity index (χ3n) is 3.68. The van der Waals surface area contributed by atoms with Crippen molar-refractivity contribution in [1.29, 1.82) is 0 Å². The van der Waals surface area contributed by atoms with E-state index < -0.39 is 0 Å². The van der Waals surface area contributed by atoms with E-state index in [0.29, 0.717) is 22.1 Å². The Morgan fingerprint density at radius 1 is 0.926 bits per heavy atom. The summed E-state index contributed by atoms with van der Waals surface area (Å²) in [5.41, 5.74) is 3.01. The number of para-hydroxylation sites is 1. The van der Waals surface area contributed by atoms with E-state index in [0.717, 1.165) is 15.8 Å². The summed E-state index contributed by atoms with van der Waals surface area (Å²) >= 11 is 1.38. The van der Waals surface area contributed by atoms with Gasteiger partial charge < -0.3 is 10.6 Å². The van der Waals surface area contributed by atoms with Crippen LogP contribution >= 0.6 is 11.3 Å². The molecule has 7 nitrogen and oxygen atoms in total. The third-order valence-corrected chi connectivity index (χ3v) is 4.61. The van der Waals surface area contributed by atoms with Gasteiger partial charge in [-0.15, -0.1) is 0 Å². The number of amides is 3. The van der Waals surface area contributed by atoms with E-state index >= 15 is 0 Å². The molecule has 0 bridgehead atoms. The van der Waals surface area contributed by atoms with Crippen molar-refractivity contribution in [2.24, 2.45) is 0 Å². The molecule has 3 rings (SSSR count). The lowest BCUT2D eigenvalue weighted by atomic mass is 10.1. The molecule has 3 amide bonds. The highest BCUT2D eigenvalue weighted by atomic mass is 32.1. The number of nitrogens with one attached hydrogen (secondary N) is 3. The third kappa shape index (κ3) is 4.48. The van der Waals surface area contributed by atoms with Crippen LogP contribution in [0, 0.1) is 6.92 Å². The molecule has 0 saturated carbocycles. The second-order valence-electron chi connectivity index (χ2n) is 6.06. The van der Waals surface area contributed by atoms with Crippen LogP contribution < -0.4 is 16.0 Å². The van der Waals surface area contributed by atoms with Gasteiger partial charge >= 0.3 is 0 Å². The summed E-state index contributed by atoms with van der Waals surface area (Å²) in [5, 5.41) is 8.51. The quantitative estimate of drug-likeness (QED) is 0.639. The Kier molecular flexibility index (Phi) is 5.18. The fourth-order valence-corrected chi connectivity index (χ4v) is 3.56. The average molecular weight is 382 g/mol. The van der Waals surface area contributed by atoms with Crippen LogP contribution in [0.4, 0.5) is 16.5 Å². The van der Waals surface area contributed by atoms with Gasteiger partial charge in [-0.1, -0.05) is 23.5 Å². The van der Waals surface area contributed by atoms with E-state index in [-0.39, 0.29) is 17.7 Å². The van der Waals surface area contributed by atoms with E-state index in [1.165, 1.54) is 25.2 Å². The molecule has 3 N–H and O–H groups in total. The molecule has 1 heterocycles. The van der Waals surface area contributed by atoms with Gasteiger partial charge in [0, 0.05) is 30.8 Å². The summed E-state index contributed by atoms with van der Waals surface area (Å²) < 4.78 is 0.983. The lowest BCUT2D eigenvalue weighted by molar-refractivity contribution is -0.115. The Hall–Kier alpha value is -3.26. The first-order chi connectivity index (χ1) is 12.8. The first kappa shape index (κ1) is 18.5. The standard InChI is InChI=1S/C19H18N4O3S/c1-10-5-4-6-16-17(10)22-19(27-16)23-18(26)13-7-14(20-11(2)24)9-15(8-13)21-12(3)25/h4-9H,1-3H3,(H,20,24)(H,21,25)(H,22,23,26). The number of anilines is 3. The van der Waals surface area contributed by atoms with Gasteiger partial charge in [-0.3, -0.25) is 19.7 Å². The predicted molar refractivity (Wildman–Crippen MR) is 107 cm³/mol. The summed E-state index contributed by atoms with van der Waals surface area (Å²) in [4.78, 5) is 39.8. The van der Waals surface area contributed by atoms with Crippen LogP contribution in [0.3, 0.4) is 0 Å². The second kappa shape index (κ2) is 7.55. The Bertz CT molecular complexity index is 1020. The molecular formula is C19H18N4O3S. The maximum Gasteiger partial charge on any atom is 0.257 e. The molecule has 27 heavy (non-hydrogen) atoms. The van der Waals surface area contributed by atoms with Gasteiger partial charge in [-0.25, -0.2) is 4.98 Å². The summed E-state index contributed by atoms with van der Waals surface area (Å²) in [5.74, 6) is -0.934. The molecule has 0 atom stereocenters. The van der Waals surface area contributed by atoms with Gasteiger partial charge in [-0.05, 0) is 36.8 Å². The molecule has 2 aromatic carbocycles. The molecule has 3 aromatic rings. The van der Waals surface area contributed by atoms with E-state index in [1.54, 1.807) is 18.2 Å². The first-order valence-electron chi connectivity index (χ1n) is 8.19. The Morgan fingerprint density at radius 3 is 2.11 bits per heavy atom. The summed E-state index contributed by atoms with van der Waals surface area (Å²) in [7, 11) is 0. The number of fused-ring (bicyclic) bond motifs is 1. The first-order valence-corrected chi connectivity index (χ1v) is 9.01. The van der Waals surface area contributed by atoms with Crippen molar-refractivity contribution in [3.63, 3.8) is 0 Å². The highest BCUT2D eigenvalue weighted by molar-refractivity contribution is 7.22. The normalized spacial score (nSPS) is 10.5. The van der Waals surface area contributed by atoms with E-state index in [2.05, 4.69) is 20.9 Å². The van der Waals surface area contributed by atoms with Crippen LogP contribution in [0.1, 0.15) is 29.8 Å². The molecule has 8 heteroatoms. The van der Waals surface area contributed by atoms with Crippen molar-refractivity contribution in [3.05, 3.63) is 47.5 Å². The molecule has 0 aliphatic carbocycles. The Morgan fingerprint density at radius 2 is 1.56 bits per heavy atom. The van der Waals surface area contributed by atoms with E-state index in [4.69, 9.17) is 0 Å². The molecule has 0 unspecified atom stereocenters. The van der Waals surface area contributed by atoms with E-state index in [9.17, 15) is 14.4 Å². The summed E-state index contributed by atoms with van der Waals surface area (Å²) in [6.07, 6.45) is 0. The summed E-state index contributed by atoms with van der Waals surface area (Å²) in [6, 6.07) is 10.5. The molecule has 1 aromatic heterocycles. The van der Waals surface area contributed by atoms with Gasteiger partial charge in [0.25, 0.3) is 5.91 Å². The van der Waals surface area contributed by atoms with Gasteiger partial charge in [0.1, 0.15) is 0 Å². The molecule has 0 radical (unpaired) electrons. The number of thiazole rings is 1. The van der Waals surface area contributed by atoms with E-state index in [1.807, 2.05) is 25.1 Å². The molecule has 0 fully saturated rings. The molecular weight excluding hydrogens is 364 g/mol. The highest BCUT2D eigenvalue weighted by Gasteiger charge is 2.13. The zero-order valence-electron chi connectivity index (χ0n) is 15.0. The summed E-state index contributed by atoms with van der Waals surface area (Å²) in [6.45, 7) is 4.70. The molecule has 138 valence electrons. The van der Waals surface area contributed by atoms with Crippen LogP contribution in [-0.4, -0.2) is 22.7 Å². The van der Waals surface area contributed by atoms with Crippen molar-refractivity contribution >= 4 is 55.8 Å². The number of hydrogen-bond donors (Lipinski definition) is 3. The van der Waals surface area contributed by atoms with Gasteiger partial charge in [0.15, 0.2) is 5.13 Å². The molecule has 0 aliphatic rings. The van der Waals surface area contributed by atoms with Gasteiger partial charge in [-0.2, -0.15) is 0 Å². The number of benzene rings is 2. The van der Waals surface area contributed by atoms with Crippen molar-refractivity contribution in [3.8, 4) is 0 Å². The lowest BCUT2D eigenvalue weighted by Crippen LogP contribution is -2.15. The monoisotopic (exact) mass is 382 g/mol. The number of aromatic nitrogens is 1. The van der Waals surface area contributed by atoms with Crippen molar-refractivity contribution in [2.75, 3.05) is 16.0 Å². The molecule has 0 spiro atoms. The highest BCUT2D eigenvalue weighted by Crippen LogP contribution is 2.28. The molecule has 0 aliphatic heterocycles. The largest absolute Gasteiger partial charge is 0.326 e. The van der Waals surface area contributed by atoms with Crippen LogP contribution in [0.25, 0.3) is 10.2 Å². The van der Waals surface area contributed by atoms with Crippen LogP contribution in [0.15, 0.2) is 36.4 Å². The fraction of sp³-hybridized carbons (Fsp3) is 0.158. The maximum atomic E-state index is 12.7. The number of rotatable bonds is 4. The zero-order chi connectivity index (χ0) is 19.6. The lowest BCUT2D eigenvalue weighted by Gasteiger charge is -2.10. The number of nitrogens with zero attached hydrogens (tertiary/aromatic N) is 1. The Labute approximate surface area is 159 Å².